The fraction of sp³-hybridized carbons (Fsp3) is 0.222. The van der Waals surface area contributed by atoms with Crippen molar-refractivity contribution < 1.29 is 14.7 Å². The van der Waals surface area contributed by atoms with E-state index in [1.54, 1.807) is 6.92 Å². The van der Waals surface area contributed by atoms with Gasteiger partial charge in [-0.05, 0) is 36.1 Å². The number of carbonyl (C=O) groups is 2. The zero-order valence-electron chi connectivity index (χ0n) is 12.6. The normalized spacial score (nSPS) is 13.4. The highest BCUT2D eigenvalue weighted by molar-refractivity contribution is 8.15. The lowest BCUT2D eigenvalue weighted by Crippen LogP contribution is -2.35. The number of carboxylic acid groups (broad SMARTS) is 1. The molecule has 0 spiro atoms. The Kier molecular flexibility index (Phi) is 5.03. The highest BCUT2D eigenvalue weighted by Gasteiger charge is 2.35. The second kappa shape index (κ2) is 6.79. The number of fused-ring (bicyclic) bond motifs is 1. The molecule has 0 aromatic heterocycles. The number of aliphatic carboxylic acids is 1. The van der Waals surface area contributed by atoms with Crippen molar-refractivity contribution in [3.63, 3.8) is 0 Å². The molecule has 1 unspecified atom stereocenters. The molecule has 4 heteroatoms. The van der Waals surface area contributed by atoms with Crippen LogP contribution in [0, 0.1) is 0 Å². The standard InChI is InChI=1S/C12H14O3S.C6H4/c1-9(13)16-12(2,11(14)15)8-10-6-4-3-5-7-10;1-2-5-4-6(5)3-1/h3-7H,8H2,1-2H3,(H,14,15);1-4H. The van der Waals surface area contributed by atoms with Gasteiger partial charge in [-0.3, -0.25) is 9.59 Å². The molecule has 22 heavy (non-hydrogen) atoms. The van der Waals surface area contributed by atoms with Gasteiger partial charge in [0.2, 0.25) is 0 Å². The van der Waals surface area contributed by atoms with Crippen molar-refractivity contribution in [3.8, 4) is 11.1 Å². The fourth-order valence-electron chi connectivity index (χ4n) is 2.13. The predicted molar refractivity (Wildman–Crippen MR) is 89.9 cm³/mol. The van der Waals surface area contributed by atoms with E-state index in [0.29, 0.717) is 6.42 Å². The molecule has 0 heterocycles. The number of hydrogen-bond donors (Lipinski definition) is 1. The highest BCUT2D eigenvalue weighted by atomic mass is 32.2. The van der Waals surface area contributed by atoms with Crippen LogP contribution in [0.25, 0.3) is 11.1 Å². The maximum absolute atomic E-state index is 11.2. The van der Waals surface area contributed by atoms with Crippen molar-refractivity contribution in [3.05, 3.63) is 60.2 Å². The Hall–Kier alpha value is -2.07. The van der Waals surface area contributed by atoms with Crippen molar-refractivity contribution in [1.82, 2.24) is 0 Å². The van der Waals surface area contributed by atoms with Gasteiger partial charge in [-0.25, -0.2) is 0 Å². The van der Waals surface area contributed by atoms with Gasteiger partial charge in [0.25, 0.3) is 0 Å². The summed E-state index contributed by atoms with van der Waals surface area (Å²) in [5, 5.41) is 8.99. The summed E-state index contributed by atoms with van der Waals surface area (Å²) < 4.78 is -1.09. The topological polar surface area (TPSA) is 54.4 Å². The summed E-state index contributed by atoms with van der Waals surface area (Å²) in [6, 6.07) is 17.8. The molecule has 114 valence electrons. The summed E-state index contributed by atoms with van der Waals surface area (Å²) in [6.07, 6.45) is 0.341. The van der Waals surface area contributed by atoms with E-state index >= 15 is 0 Å². The van der Waals surface area contributed by atoms with Gasteiger partial charge >= 0.3 is 5.97 Å². The van der Waals surface area contributed by atoms with Crippen LogP contribution < -0.4 is 0 Å². The molecular weight excluding hydrogens is 296 g/mol. The molecule has 2 aliphatic carbocycles. The van der Waals surface area contributed by atoms with Crippen molar-refractivity contribution in [1.29, 1.82) is 0 Å². The third-order valence-corrected chi connectivity index (χ3v) is 4.38. The van der Waals surface area contributed by atoms with E-state index in [4.69, 9.17) is 5.11 Å². The first-order valence-corrected chi connectivity index (χ1v) is 7.80. The lowest BCUT2D eigenvalue weighted by Gasteiger charge is -2.22. The number of thioether (sulfide) groups is 1. The van der Waals surface area contributed by atoms with Crippen LogP contribution in [0.1, 0.15) is 19.4 Å². The zero-order chi connectivity index (χ0) is 16.2. The van der Waals surface area contributed by atoms with Crippen LogP contribution in [-0.4, -0.2) is 20.9 Å². The minimum absolute atomic E-state index is 0.180. The van der Waals surface area contributed by atoms with Crippen molar-refractivity contribution >= 4 is 22.8 Å². The van der Waals surface area contributed by atoms with E-state index in [2.05, 4.69) is 24.3 Å². The van der Waals surface area contributed by atoms with Crippen LogP contribution in [0.3, 0.4) is 0 Å². The summed E-state index contributed by atoms with van der Waals surface area (Å²) in [5.41, 5.74) is 3.77. The van der Waals surface area contributed by atoms with Gasteiger partial charge in [0.05, 0.1) is 0 Å². The molecule has 1 atom stereocenters. The van der Waals surface area contributed by atoms with E-state index in [-0.39, 0.29) is 5.12 Å². The summed E-state index contributed by atoms with van der Waals surface area (Å²) in [4.78, 5) is 22.2. The molecule has 0 radical (unpaired) electrons. The van der Waals surface area contributed by atoms with Crippen LogP contribution in [0.5, 0.6) is 0 Å². The predicted octanol–water partition coefficient (Wildman–Crippen LogP) is 4.02. The van der Waals surface area contributed by atoms with Gasteiger partial charge < -0.3 is 5.11 Å². The molecule has 0 aliphatic heterocycles. The van der Waals surface area contributed by atoms with Crippen LogP contribution in [0.15, 0.2) is 54.6 Å². The monoisotopic (exact) mass is 314 g/mol. The molecule has 0 bridgehead atoms. The number of benzene rings is 2. The van der Waals surface area contributed by atoms with E-state index < -0.39 is 10.7 Å². The Labute approximate surface area is 134 Å². The molecular formula is C18H18O3S. The molecule has 1 aromatic carbocycles. The Morgan fingerprint density at radius 1 is 1.05 bits per heavy atom. The van der Waals surface area contributed by atoms with Gasteiger partial charge in [-0.15, -0.1) is 0 Å². The van der Waals surface area contributed by atoms with Crippen LogP contribution in [-0.2, 0) is 16.0 Å². The molecule has 0 fully saturated rings. The van der Waals surface area contributed by atoms with E-state index in [1.807, 2.05) is 30.3 Å². The van der Waals surface area contributed by atoms with Crippen molar-refractivity contribution in [2.45, 2.75) is 25.0 Å². The summed E-state index contributed by atoms with van der Waals surface area (Å²) in [7, 11) is 0. The van der Waals surface area contributed by atoms with E-state index in [1.165, 1.54) is 18.1 Å². The molecule has 0 saturated heterocycles. The summed E-state index contributed by atoms with van der Waals surface area (Å²) >= 11 is 0.866. The first kappa shape index (κ1) is 16.3. The Bertz CT molecular complexity index is 664. The number of carboxylic acids is 1. The maximum atomic E-state index is 11.2. The molecule has 1 aromatic rings. The lowest BCUT2D eigenvalue weighted by atomic mass is 10.0. The molecule has 1 N–H and O–H groups in total. The largest absolute Gasteiger partial charge is 0.480 e. The van der Waals surface area contributed by atoms with Crippen LogP contribution in [0.4, 0.5) is 0 Å². The van der Waals surface area contributed by atoms with E-state index in [0.717, 1.165) is 17.3 Å². The van der Waals surface area contributed by atoms with Gasteiger partial charge in [-0.2, -0.15) is 0 Å². The molecule has 3 nitrogen and oxygen atoms in total. The Balaban J connectivity index is 0.000000238. The van der Waals surface area contributed by atoms with Gasteiger partial charge in [0.15, 0.2) is 5.12 Å². The Morgan fingerprint density at radius 2 is 1.64 bits per heavy atom. The number of rotatable bonds is 4. The third kappa shape index (κ3) is 4.46. The highest BCUT2D eigenvalue weighted by Crippen LogP contribution is 2.32. The van der Waals surface area contributed by atoms with Gasteiger partial charge in [0, 0.05) is 6.92 Å². The number of hydrogen-bond acceptors (Lipinski definition) is 3. The van der Waals surface area contributed by atoms with Gasteiger partial charge in [-0.1, -0.05) is 60.3 Å². The van der Waals surface area contributed by atoms with Crippen molar-refractivity contribution in [2.24, 2.45) is 0 Å². The second-order valence-corrected chi connectivity index (χ2v) is 7.05. The molecule has 3 rings (SSSR count). The number of carbonyl (C=O) groups excluding carboxylic acids is 1. The van der Waals surface area contributed by atoms with E-state index in [9.17, 15) is 9.59 Å². The first-order valence-electron chi connectivity index (χ1n) is 6.98. The minimum atomic E-state index is -1.09. The Morgan fingerprint density at radius 3 is 2.00 bits per heavy atom. The average molecular weight is 314 g/mol. The summed E-state index contributed by atoms with van der Waals surface area (Å²) in [6.45, 7) is 2.96. The lowest BCUT2D eigenvalue weighted by molar-refractivity contribution is -0.139. The first-order chi connectivity index (χ1) is 10.4. The van der Waals surface area contributed by atoms with Crippen molar-refractivity contribution in [2.75, 3.05) is 0 Å². The molecule has 0 amide bonds. The average Bonchev–Trinajstić information content (AvgIpc) is 3.05. The quantitative estimate of drug-likeness (QED) is 0.790. The molecule has 2 aliphatic rings. The van der Waals surface area contributed by atoms with Crippen LogP contribution in [0.2, 0.25) is 0 Å². The smallest absolute Gasteiger partial charge is 0.320 e. The SMILES string of the molecule is CC(=O)SC(C)(Cc1ccccc1)C(=O)O.c1cc2cc-2c1. The minimum Gasteiger partial charge on any atom is -0.480 e. The second-order valence-electron chi connectivity index (χ2n) is 5.37. The fourth-order valence-corrected chi connectivity index (χ4v) is 3.09. The van der Waals surface area contributed by atoms with Gasteiger partial charge in [0.1, 0.15) is 4.75 Å². The summed E-state index contributed by atoms with van der Waals surface area (Å²) in [5.74, 6) is -0.962. The zero-order valence-corrected chi connectivity index (χ0v) is 13.4. The van der Waals surface area contributed by atoms with Crippen LogP contribution >= 0.6 is 11.8 Å². The maximum Gasteiger partial charge on any atom is 0.320 e. The molecule has 0 saturated carbocycles. The third-order valence-electron chi connectivity index (χ3n) is 3.32.